The highest BCUT2D eigenvalue weighted by atomic mass is 32.2. The molecule has 0 bridgehead atoms. The number of amides is 1. The number of carbonyl (C=O) groups excluding carboxylic acids is 1. The van der Waals surface area contributed by atoms with Gasteiger partial charge in [0.15, 0.2) is 9.84 Å². The second-order valence-corrected chi connectivity index (χ2v) is 7.55. The molecule has 0 spiro atoms. The third-order valence-corrected chi connectivity index (χ3v) is 5.19. The number of rotatable bonds is 4. The van der Waals surface area contributed by atoms with Crippen molar-refractivity contribution in [1.82, 2.24) is 4.90 Å². The van der Waals surface area contributed by atoms with E-state index in [1.807, 2.05) is 13.8 Å². The molecule has 0 radical (unpaired) electrons. The molecule has 0 N–H and O–H groups in total. The zero-order valence-corrected chi connectivity index (χ0v) is 13.2. The number of nitrogens with zero attached hydrogens (tertiary/aromatic N) is 1. The summed E-state index contributed by atoms with van der Waals surface area (Å²) in [5.74, 6) is -0.285. The van der Waals surface area contributed by atoms with E-state index in [1.54, 1.807) is 35.2 Å². The van der Waals surface area contributed by atoms with Crippen molar-refractivity contribution < 1.29 is 17.9 Å². The van der Waals surface area contributed by atoms with Gasteiger partial charge in [0, 0.05) is 19.5 Å². The minimum atomic E-state index is -3.40. The summed E-state index contributed by atoms with van der Waals surface area (Å²) >= 11 is 0. The van der Waals surface area contributed by atoms with Crippen molar-refractivity contribution in [3.05, 3.63) is 30.3 Å². The predicted octanol–water partition coefficient (Wildman–Crippen LogP) is 1.49. The standard InChI is InChI=1S/C15H21NO4S/c1-12-10-16(11-13(2)20-12)15(17)8-9-21(18,19)14-6-4-3-5-7-14/h3-7,12-13H,8-11H2,1-2H3/t12-,13-/m1/s1. The number of hydrogen-bond donors (Lipinski definition) is 0. The summed E-state index contributed by atoms with van der Waals surface area (Å²) in [5.41, 5.74) is 0. The van der Waals surface area contributed by atoms with E-state index in [4.69, 9.17) is 4.74 Å². The highest BCUT2D eigenvalue weighted by Gasteiger charge is 2.26. The molecule has 1 aliphatic heterocycles. The molecule has 1 aromatic carbocycles. The van der Waals surface area contributed by atoms with Gasteiger partial charge >= 0.3 is 0 Å². The third kappa shape index (κ3) is 4.28. The van der Waals surface area contributed by atoms with Crippen LogP contribution in [-0.2, 0) is 19.4 Å². The van der Waals surface area contributed by atoms with Gasteiger partial charge in [0.2, 0.25) is 5.91 Å². The lowest BCUT2D eigenvalue weighted by molar-refractivity contribution is -0.142. The molecule has 0 aliphatic carbocycles. The largest absolute Gasteiger partial charge is 0.372 e. The Morgan fingerprint density at radius 2 is 1.76 bits per heavy atom. The lowest BCUT2D eigenvalue weighted by atomic mass is 10.2. The van der Waals surface area contributed by atoms with Crippen molar-refractivity contribution in [2.45, 2.75) is 37.4 Å². The molecule has 0 unspecified atom stereocenters. The van der Waals surface area contributed by atoms with Crippen LogP contribution in [0.15, 0.2) is 35.2 Å². The highest BCUT2D eigenvalue weighted by Crippen LogP contribution is 2.14. The molecule has 1 amide bonds. The maximum atomic E-state index is 12.2. The second kappa shape index (κ2) is 6.58. The summed E-state index contributed by atoms with van der Waals surface area (Å²) in [6.07, 6.45) is -0.0108. The van der Waals surface area contributed by atoms with Crippen LogP contribution in [-0.4, -0.2) is 50.3 Å². The lowest BCUT2D eigenvalue weighted by Gasteiger charge is -2.35. The zero-order valence-electron chi connectivity index (χ0n) is 12.4. The van der Waals surface area contributed by atoms with E-state index < -0.39 is 9.84 Å². The Kier molecular flexibility index (Phi) is 5.00. The van der Waals surface area contributed by atoms with Crippen molar-refractivity contribution in [1.29, 1.82) is 0 Å². The molecule has 1 aromatic rings. The SMILES string of the molecule is C[C@@H]1CN(C(=O)CCS(=O)(=O)c2ccccc2)C[C@@H](C)O1. The number of carbonyl (C=O) groups is 1. The van der Waals surface area contributed by atoms with Crippen LogP contribution in [0.25, 0.3) is 0 Å². The van der Waals surface area contributed by atoms with Gasteiger partial charge in [-0.2, -0.15) is 0 Å². The van der Waals surface area contributed by atoms with Crippen LogP contribution in [0.5, 0.6) is 0 Å². The Balaban J connectivity index is 1.95. The number of ether oxygens (including phenoxy) is 1. The Morgan fingerprint density at radius 1 is 1.19 bits per heavy atom. The maximum Gasteiger partial charge on any atom is 0.223 e. The van der Waals surface area contributed by atoms with Crippen LogP contribution in [0.2, 0.25) is 0 Å². The topological polar surface area (TPSA) is 63.7 Å². The first kappa shape index (κ1) is 16.0. The van der Waals surface area contributed by atoms with Gasteiger partial charge in [0.05, 0.1) is 22.9 Å². The fourth-order valence-corrected chi connectivity index (χ4v) is 3.76. The molecule has 1 aliphatic rings. The average molecular weight is 311 g/mol. The quantitative estimate of drug-likeness (QED) is 0.845. The normalized spacial score (nSPS) is 23.0. The van der Waals surface area contributed by atoms with Gasteiger partial charge in [-0.25, -0.2) is 8.42 Å². The summed E-state index contributed by atoms with van der Waals surface area (Å²) in [5, 5.41) is 0. The first-order valence-corrected chi connectivity index (χ1v) is 8.75. The highest BCUT2D eigenvalue weighted by molar-refractivity contribution is 7.91. The number of hydrogen-bond acceptors (Lipinski definition) is 4. The molecule has 0 saturated carbocycles. The third-order valence-electron chi connectivity index (χ3n) is 3.46. The molecule has 1 saturated heterocycles. The van der Waals surface area contributed by atoms with Crippen molar-refractivity contribution >= 4 is 15.7 Å². The van der Waals surface area contributed by atoms with Crippen molar-refractivity contribution in [3.63, 3.8) is 0 Å². The Hall–Kier alpha value is -1.40. The van der Waals surface area contributed by atoms with Gasteiger partial charge in [0.25, 0.3) is 0 Å². The number of benzene rings is 1. The molecule has 1 fully saturated rings. The van der Waals surface area contributed by atoms with Crippen LogP contribution in [0.4, 0.5) is 0 Å². The van der Waals surface area contributed by atoms with E-state index in [-0.39, 0.29) is 35.2 Å². The molecular formula is C15H21NO4S. The monoisotopic (exact) mass is 311 g/mol. The summed E-state index contributed by atoms with van der Waals surface area (Å²) in [7, 11) is -3.40. The van der Waals surface area contributed by atoms with E-state index in [9.17, 15) is 13.2 Å². The first-order valence-electron chi connectivity index (χ1n) is 7.09. The smallest absolute Gasteiger partial charge is 0.223 e. The summed E-state index contributed by atoms with van der Waals surface area (Å²) < 4.78 is 29.9. The maximum absolute atomic E-state index is 12.2. The van der Waals surface area contributed by atoms with Crippen molar-refractivity contribution in [2.75, 3.05) is 18.8 Å². The first-order chi connectivity index (χ1) is 9.88. The van der Waals surface area contributed by atoms with Gasteiger partial charge in [0.1, 0.15) is 0 Å². The van der Waals surface area contributed by atoms with E-state index >= 15 is 0 Å². The van der Waals surface area contributed by atoms with Gasteiger partial charge in [-0.05, 0) is 26.0 Å². The fourth-order valence-electron chi connectivity index (χ4n) is 2.51. The predicted molar refractivity (Wildman–Crippen MR) is 79.7 cm³/mol. The average Bonchev–Trinajstić information content (AvgIpc) is 2.45. The van der Waals surface area contributed by atoms with Crippen molar-refractivity contribution in [3.8, 4) is 0 Å². The molecule has 116 valence electrons. The minimum absolute atomic E-state index is 0.0106. The Bertz CT molecular complexity index is 575. The van der Waals surface area contributed by atoms with Gasteiger partial charge < -0.3 is 9.64 Å². The zero-order chi connectivity index (χ0) is 15.5. The van der Waals surface area contributed by atoms with E-state index in [1.165, 1.54) is 0 Å². The van der Waals surface area contributed by atoms with Gasteiger partial charge in [-0.15, -0.1) is 0 Å². The van der Waals surface area contributed by atoms with Crippen LogP contribution in [0, 0.1) is 0 Å². The van der Waals surface area contributed by atoms with Crippen LogP contribution in [0.3, 0.4) is 0 Å². The Labute approximate surface area is 125 Å². The number of sulfone groups is 1. The fraction of sp³-hybridized carbons (Fsp3) is 0.533. The molecule has 1 heterocycles. The summed E-state index contributed by atoms with van der Waals surface area (Å²) in [4.78, 5) is 14.1. The van der Waals surface area contributed by atoms with E-state index in [0.29, 0.717) is 13.1 Å². The summed E-state index contributed by atoms with van der Waals surface area (Å²) in [6.45, 7) is 4.87. The molecule has 2 rings (SSSR count). The minimum Gasteiger partial charge on any atom is -0.372 e. The summed E-state index contributed by atoms with van der Waals surface area (Å²) in [6, 6.07) is 8.23. The number of morpholine rings is 1. The van der Waals surface area contributed by atoms with Gasteiger partial charge in [-0.1, -0.05) is 18.2 Å². The molecule has 6 heteroatoms. The molecule has 0 aromatic heterocycles. The molecule has 5 nitrogen and oxygen atoms in total. The van der Waals surface area contributed by atoms with Gasteiger partial charge in [-0.3, -0.25) is 4.79 Å². The second-order valence-electron chi connectivity index (χ2n) is 5.44. The molecule has 2 atom stereocenters. The van der Waals surface area contributed by atoms with Crippen molar-refractivity contribution in [2.24, 2.45) is 0 Å². The molecular weight excluding hydrogens is 290 g/mol. The van der Waals surface area contributed by atoms with Crippen LogP contribution < -0.4 is 0 Å². The van der Waals surface area contributed by atoms with E-state index in [0.717, 1.165) is 0 Å². The lowest BCUT2D eigenvalue weighted by Crippen LogP contribution is -2.48. The Morgan fingerprint density at radius 3 is 2.33 bits per heavy atom. The van der Waals surface area contributed by atoms with Crippen LogP contribution >= 0.6 is 0 Å². The van der Waals surface area contributed by atoms with Crippen LogP contribution in [0.1, 0.15) is 20.3 Å². The molecule has 21 heavy (non-hydrogen) atoms. The van der Waals surface area contributed by atoms with E-state index in [2.05, 4.69) is 0 Å².